The summed E-state index contributed by atoms with van der Waals surface area (Å²) in [6.45, 7) is -0.0632. The zero-order chi connectivity index (χ0) is 14.1. The standard InChI is InChI=1S/C13H11N5O2/c14-11-6-15-5-9(16-11)13(20)18-7-12(19)17-8-3-1-2-4-10(8)18/h1-6H,7H2,(H2,14,16)(H,17,19). The number of nitrogens with zero attached hydrogens (tertiary/aromatic N) is 3. The van der Waals surface area contributed by atoms with Crippen LogP contribution in [0.15, 0.2) is 36.7 Å². The van der Waals surface area contributed by atoms with Gasteiger partial charge in [-0.2, -0.15) is 0 Å². The summed E-state index contributed by atoms with van der Waals surface area (Å²) in [5, 5.41) is 2.71. The van der Waals surface area contributed by atoms with Crippen LogP contribution in [0, 0.1) is 0 Å². The van der Waals surface area contributed by atoms with Gasteiger partial charge in [0.05, 0.1) is 23.8 Å². The number of hydrogen-bond acceptors (Lipinski definition) is 5. The average molecular weight is 269 g/mol. The number of carbonyl (C=O) groups excluding carboxylic acids is 2. The van der Waals surface area contributed by atoms with Crippen LogP contribution in [-0.4, -0.2) is 28.3 Å². The zero-order valence-corrected chi connectivity index (χ0v) is 10.4. The summed E-state index contributed by atoms with van der Waals surface area (Å²) in [6.07, 6.45) is 2.68. The highest BCUT2D eigenvalue weighted by atomic mass is 16.2. The van der Waals surface area contributed by atoms with Gasteiger partial charge < -0.3 is 11.1 Å². The van der Waals surface area contributed by atoms with Crippen LogP contribution in [0.5, 0.6) is 0 Å². The van der Waals surface area contributed by atoms with Crippen molar-refractivity contribution in [2.45, 2.75) is 0 Å². The molecule has 2 heterocycles. The molecule has 0 bridgehead atoms. The van der Waals surface area contributed by atoms with Gasteiger partial charge in [-0.3, -0.25) is 19.5 Å². The largest absolute Gasteiger partial charge is 0.382 e. The summed E-state index contributed by atoms with van der Waals surface area (Å²) in [5.41, 5.74) is 6.85. The van der Waals surface area contributed by atoms with Gasteiger partial charge in [0.15, 0.2) is 0 Å². The van der Waals surface area contributed by atoms with E-state index in [0.29, 0.717) is 11.4 Å². The second-order valence-corrected chi connectivity index (χ2v) is 4.29. The first kappa shape index (κ1) is 12.1. The van der Waals surface area contributed by atoms with Gasteiger partial charge in [0.1, 0.15) is 18.1 Å². The van der Waals surface area contributed by atoms with E-state index in [9.17, 15) is 9.59 Å². The van der Waals surface area contributed by atoms with Crippen molar-refractivity contribution in [3.63, 3.8) is 0 Å². The number of amides is 2. The highest BCUT2D eigenvalue weighted by Crippen LogP contribution is 2.29. The minimum absolute atomic E-state index is 0.0632. The van der Waals surface area contributed by atoms with Crippen molar-refractivity contribution in [3.05, 3.63) is 42.4 Å². The van der Waals surface area contributed by atoms with Gasteiger partial charge in [-0.25, -0.2) is 4.98 Å². The Balaban J connectivity index is 2.02. The average Bonchev–Trinajstić information content (AvgIpc) is 2.45. The Hall–Kier alpha value is -2.96. The second kappa shape index (κ2) is 4.61. The molecule has 0 spiro atoms. The highest BCUT2D eigenvalue weighted by Gasteiger charge is 2.28. The van der Waals surface area contributed by atoms with Crippen molar-refractivity contribution in [3.8, 4) is 0 Å². The van der Waals surface area contributed by atoms with Crippen LogP contribution in [0.2, 0.25) is 0 Å². The fourth-order valence-electron chi connectivity index (χ4n) is 2.04. The third kappa shape index (κ3) is 2.05. The molecule has 1 aliphatic heterocycles. The molecule has 0 unspecified atom stereocenters. The third-order valence-electron chi connectivity index (χ3n) is 2.89. The van der Waals surface area contributed by atoms with Crippen LogP contribution in [0.1, 0.15) is 10.5 Å². The number of nitrogens with two attached hydrogens (primary N) is 1. The lowest BCUT2D eigenvalue weighted by atomic mass is 10.2. The minimum Gasteiger partial charge on any atom is -0.382 e. The van der Waals surface area contributed by atoms with Gasteiger partial charge in [-0.05, 0) is 12.1 Å². The molecule has 2 amide bonds. The SMILES string of the molecule is Nc1cncc(C(=O)N2CC(=O)Nc3ccccc32)n1. The van der Waals surface area contributed by atoms with Gasteiger partial charge in [-0.15, -0.1) is 0 Å². The molecule has 100 valence electrons. The Bertz CT molecular complexity index is 701. The molecule has 3 N–H and O–H groups in total. The molecule has 0 fully saturated rings. The predicted molar refractivity (Wildman–Crippen MR) is 73.2 cm³/mol. The number of nitrogen functional groups attached to an aromatic ring is 1. The molecule has 3 rings (SSSR count). The van der Waals surface area contributed by atoms with Crippen molar-refractivity contribution in [2.75, 3.05) is 22.5 Å². The lowest BCUT2D eigenvalue weighted by Crippen LogP contribution is -2.42. The fraction of sp³-hybridized carbons (Fsp3) is 0.0769. The van der Waals surface area contributed by atoms with Gasteiger partial charge >= 0.3 is 0 Å². The molecule has 1 aromatic carbocycles. The number of rotatable bonds is 1. The molecule has 1 aromatic heterocycles. The summed E-state index contributed by atoms with van der Waals surface area (Å²) in [6, 6.07) is 7.07. The van der Waals surface area contributed by atoms with Crippen molar-refractivity contribution in [1.29, 1.82) is 0 Å². The highest BCUT2D eigenvalue weighted by molar-refractivity contribution is 6.14. The van der Waals surface area contributed by atoms with E-state index in [4.69, 9.17) is 5.73 Å². The van der Waals surface area contributed by atoms with Gasteiger partial charge in [0, 0.05) is 0 Å². The van der Waals surface area contributed by atoms with E-state index < -0.39 is 5.91 Å². The molecular weight excluding hydrogens is 258 g/mol. The van der Waals surface area contributed by atoms with E-state index in [1.54, 1.807) is 24.3 Å². The maximum atomic E-state index is 12.4. The molecule has 0 aliphatic carbocycles. The van der Waals surface area contributed by atoms with Crippen LogP contribution in [0.25, 0.3) is 0 Å². The molecule has 20 heavy (non-hydrogen) atoms. The number of para-hydroxylation sites is 2. The maximum absolute atomic E-state index is 12.4. The first-order valence-electron chi connectivity index (χ1n) is 5.93. The number of carbonyl (C=O) groups is 2. The topological polar surface area (TPSA) is 101 Å². The first-order valence-corrected chi connectivity index (χ1v) is 5.93. The lowest BCUT2D eigenvalue weighted by Gasteiger charge is -2.28. The number of hydrogen-bond donors (Lipinski definition) is 2. The Morgan fingerprint density at radius 1 is 1.30 bits per heavy atom. The maximum Gasteiger partial charge on any atom is 0.279 e. The van der Waals surface area contributed by atoms with Crippen LogP contribution >= 0.6 is 0 Å². The lowest BCUT2D eigenvalue weighted by molar-refractivity contribution is -0.115. The van der Waals surface area contributed by atoms with E-state index in [-0.39, 0.29) is 24.0 Å². The van der Waals surface area contributed by atoms with Crippen molar-refractivity contribution in [1.82, 2.24) is 9.97 Å². The monoisotopic (exact) mass is 269 g/mol. The molecule has 7 nitrogen and oxygen atoms in total. The summed E-state index contributed by atoms with van der Waals surface area (Å²) in [5.74, 6) is -0.508. The van der Waals surface area contributed by atoms with Crippen molar-refractivity contribution >= 4 is 29.0 Å². The molecule has 2 aromatic rings. The first-order chi connectivity index (χ1) is 9.65. The normalized spacial score (nSPS) is 13.6. The number of anilines is 3. The van der Waals surface area contributed by atoms with E-state index in [1.165, 1.54) is 17.3 Å². The van der Waals surface area contributed by atoms with Crippen molar-refractivity contribution in [2.24, 2.45) is 0 Å². The molecule has 0 radical (unpaired) electrons. The summed E-state index contributed by atoms with van der Waals surface area (Å²) < 4.78 is 0. The molecule has 0 saturated heterocycles. The smallest absolute Gasteiger partial charge is 0.279 e. The summed E-state index contributed by atoms with van der Waals surface area (Å²) in [4.78, 5) is 33.3. The zero-order valence-electron chi connectivity index (χ0n) is 10.4. The van der Waals surface area contributed by atoms with E-state index >= 15 is 0 Å². The molecule has 0 saturated carbocycles. The summed E-state index contributed by atoms with van der Waals surface area (Å²) in [7, 11) is 0. The number of fused-ring (bicyclic) bond motifs is 1. The number of benzene rings is 1. The summed E-state index contributed by atoms with van der Waals surface area (Å²) >= 11 is 0. The Morgan fingerprint density at radius 2 is 2.10 bits per heavy atom. The Morgan fingerprint density at radius 3 is 2.90 bits per heavy atom. The molecule has 1 aliphatic rings. The van der Waals surface area contributed by atoms with Crippen LogP contribution in [0.4, 0.5) is 17.2 Å². The minimum atomic E-state index is -0.410. The number of nitrogens with one attached hydrogen (secondary N) is 1. The van der Waals surface area contributed by atoms with Crippen LogP contribution in [0.3, 0.4) is 0 Å². The van der Waals surface area contributed by atoms with Crippen LogP contribution in [-0.2, 0) is 4.79 Å². The molecule has 7 heteroatoms. The third-order valence-corrected chi connectivity index (χ3v) is 2.89. The second-order valence-electron chi connectivity index (χ2n) is 4.29. The number of aromatic nitrogens is 2. The predicted octanol–water partition coefficient (Wildman–Crippen LogP) is 0.658. The molecular formula is C13H11N5O2. The van der Waals surface area contributed by atoms with Gasteiger partial charge in [-0.1, -0.05) is 12.1 Å². The van der Waals surface area contributed by atoms with Crippen molar-refractivity contribution < 1.29 is 9.59 Å². The van der Waals surface area contributed by atoms with Gasteiger partial charge in [0.25, 0.3) is 5.91 Å². The quantitative estimate of drug-likeness (QED) is 0.791. The fourth-order valence-corrected chi connectivity index (χ4v) is 2.04. The Kier molecular flexibility index (Phi) is 2.79. The Labute approximate surface area is 114 Å². The van der Waals surface area contributed by atoms with Gasteiger partial charge in [0.2, 0.25) is 5.91 Å². The van der Waals surface area contributed by atoms with E-state index in [1.807, 2.05) is 0 Å². The van der Waals surface area contributed by atoms with Crippen LogP contribution < -0.4 is 16.0 Å². The van der Waals surface area contributed by atoms with E-state index in [2.05, 4.69) is 15.3 Å². The molecule has 0 atom stereocenters. The van der Waals surface area contributed by atoms with E-state index in [0.717, 1.165) is 0 Å².